The summed E-state index contributed by atoms with van der Waals surface area (Å²) >= 11 is 0. The summed E-state index contributed by atoms with van der Waals surface area (Å²) in [5.74, 6) is 0. The number of rotatable bonds is 4. The maximum absolute atomic E-state index is 9.88. The first-order valence-corrected chi connectivity index (χ1v) is 5.02. The van der Waals surface area contributed by atoms with Gasteiger partial charge in [0.15, 0.2) is 0 Å². The highest BCUT2D eigenvalue weighted by Gasteiger charge is 2.31. The molecule has 0 aliphatic carbocycles. The Kier molecular flexibility index (Phi) is 4.40. The van der Waals surface area contributed by atoms with E-state index < -0.39 is 0 Å². The molecular weight excluding hydrogens is 162 g/mol. The fourth-order valence-electron chi connectivity index (χ4n) is 1.95. The van der Waals surface area contributed by atoms with Gasteiger partial charge in [-0.1, -0.05) is 34.6 Å². The molecule has 0 aromatic carbocycles. The van der Waals surface area contributed by atoms with Crippen LogP contribution < -0.4 is 5.32 Å². The highest BCUT2D eigenvalue weighted by atomic mass is 16.3. The fourth-order valence-corrected chi connectivity index (χ4v) is 1.95. The molecule has 0 rings (SSSR count). The van der Waals surface area contributed by atoms with E-state index in [-0.39, 0.29) is 16.9 Å². The Morgan fingerprint density at radius 1 is 1.15 bits per heavy atom. The van der Waals surface area contributed by atoms with Crippen molar-refractivity contribution >= 4 is 0 Å². The summed E-state index contributed by atoms with van der Waals surface area (Å²) in [5.41, 5.74) is 0.263. The van der Waals surface area contributed by atoms with E-state index in [4.69, 9.17) is 0 Å². The van der Waals surface area contributed by atoms with Crippen molar-refractivity contribution in [1.29, 1.82) is 0 Å². The summed E-state index contributed by atoms with van der Waals surface area (Å²) in [7, 11) is 1.87. The van der Waals surface area contributed by atoms with E-state index in [1.807, 2.05) is 7.05 Å². The van der Waals surface area contributed by atoms with Crippen molar-refractivity contribution in [3.8, 4) is 0 Å². The van der Waals surface area contributed by atoms with Gasteiger partial charge >= 0.3 is 0 Å². The second-order valence-electron chi connectivity index (χ2n) is 5.80. The van der Waals surface area contributed by atoms with E-state index in [2.05, 4.69) is 39.9 Å². The highest BCUT2D eigenvalue weighted by Crippen LogP contribution is 2.35. The van der Waals surface area contributed by atoms with Crippen molar-refractivity contribution < 1.29 is 5.11 Å². The number of likely N-dealkylation sites (N-methyl/N-ethyl adjacent to an activating group) is 1. The molecule has 0 aliphatic heterocycles. The molecule has 0 bridgehead atoms. The first-order valence-electron chi connectivity index (χ1n) is 5.02. The van der Waals surface area contributed by atoms with E-state index in [0.717, 1.165) is 6.42 Å². The van der Waals surface area contributed by atoms with Crippen LogP contribution in [0.15, 0.2) is 0 Å². The van der Waals surface area contributed by atoms with Gasteiger partial charge in [-0.05, 0) is 24.3 Å². The van der Waals surface area contributed by atoms with Crippen molar-refractivity contribution in [3.63, 3.8) is 0 Å². The first-order chi connectivity index (χ1) is 5.69. The number of hydrogen-bond acceptors (Lipinski definition) is 2. The standard InChI is InChI=1S/C11H25NO/c1-10(2,3)8-11(4,5)9(13)7-12-6/h9,12-13H,7-8H2,1-6H3. The van der Waals surface area contributed by atoms with Crippen LogP contribution >= 0.6 is 0 Å². The summed E-state index contributed by atoms with van der Waals surface area (Å²) in [6.45, 7) is 11.5. The van der Waals surface area contributed by atoms with Crippen LogP contribution in [0.5, 0.6) is 0 Å². The lowest BCUT2D eigenvalue weighted by Gasteiger charge is -2.36. The molecule has 80 valence electrons. The van der Waals surface area contributed by atoms with Crippen molar-refractivity contribution in [1.82, 2.24) is 5.32 Å². The Hall–Kier alpha value is -0.0800. The minimum atomic E-state index is -0.267. The van der Waals surface area contributed by atoms with Gasteiger partial charge in [-0.2, -0.15) is 0 Å². The van der Waals surface area contributed by atoms with Crippen LogP contribution in [0, 0.1) is 10.8 Å². The van der Waals surface area contributed by atoms with Gasteiger partial charge in [0, 0.05) is 6.54 Å². The lowest BCUT2D eigenvalue weighted by atomic mass is 9.73. The van der Waals surface area contributed by atoms with Gasteiger partial charge in [-0.25, -0.2) is 0 Å². The van der Waals surface area contributed by atoms with E-state index in [1.54, 1.807) is 0 Å². The summed E-state index contributed by atoms with van der Waals surface area (Å²) in [6, 6.07) is 0. The second kappa shape index (κ2) is 4.43. The Labute approximate surface area is 82.7 Å². The zero-order valence-corrected chi connectivity index (χ0v) is 9.94. The third-order valence-corrected chi connectivity index (χ3v) is 2.29. The smallest absolute Gasteiger partial charge is 0.0715 e. The molecule has 0 heterocycles. The second-order valence-corrected chi connectivity index (χ2v) is 5.80. The zero-order chi connectivity index (χ0) is 10.7. The van der Waals surface area contributed by atoms with Gasteiger partial charge in [-0.15, -0.1) is 0 Å². The molecule has 0 amide bonds. The predicted octanol–water partition coefficient (Wildman–Crippen LogP) is 2.03. The van der Waals surface area contributed by atoms with Gasteiger partial charge < -0.3 is 10.4 Å². The molecule has 2 heteroatoms. The van der Waals surface area contributed by atoms with Crippen molar-refractivity contribution in [3.05, 3.63) is 0 Å². The fraction of sp³-hybridized carbons (Fsp3) is 1.00. The van der Waals surface area contributed by atoms with Crippen LogP contribution in [0.1, 0.15) is 41.0 Å². The Bertz CT molecular complexity index is 147. The number of aliphatic hydroxyl groups excluding tert-OH is 1. The molecule has 2 N–H and O–H groups in total. The maximum Gasteiger partial charge on any atom is 0.0715 e. The van der Waals surface area contributed by atoms with Gasteiger partial charge in [0.1, 0.15) is 0 Å². The van der Waals surface area contributed by atoms with E-state index >= 15 is 0 Å². The molecule has 0 aromatic heterocycles. The molecule has 0 fully saturated rings. The van der Waals surface area contributed by atoms with Gasteiger partial charge in [0.25, 0.3) is 0 Å². The monoisotopic (exact) mass is 187 g/mol. The molecule has 2 nitrogen and oxygen atoms in total. The van der Waals surface area contributed by atoms with Crippen LogP contribution in [0.2, 0.25) is 0 Å². The Morgan fingerprint density at radius 3 is 1.92 bits per heavy atom. The molecule has 0 radical (unpaired) electrons. The normalized spacial score (nSPS) is 15.9. The molecule has 1 unspecified atom stereocenters. The predicted molar refractivity (Wildman–Crippen MR) is 57.8 cm³/mol. The molecule has 13 heavy (non-hydrogen) atoms. The summed E-state index contributed by atoms with van der Waals surface area (Å²) < 4.78 is 0. The SMILES string of the molecule is CNCC(O)C(C)(C)CC(C)(C)C. The van der Waals surface area contributed by atoms with Crippen LogP contribution in [-0.2, 0) is 0 Å². The zero-order valence-electron chi connectivity index (χ0n) is 9.94. The summed E-state index contributed by atoms with van der Waals surface area (Å²) in [6.07, 6.45) is 0.764. The molecule has 0 saturated heterocycles. The van der Waals surface area contributed by atoms with Crippen LogP contribution in [0.3, 0.4) is 0 Å². The van der Waals surface area contributed by atoms with Crippen LogP contribution in [0.25, 0.3) is 0 Å². The average molecular weight is 187 g/mol. The summed E-state index contributed by atoms with van der Waals surface area (Å²) in [4.78, 5) is 0. The Balaban J connectivity index is 4.21. The quantitative estimate of drug-likeness (QED) is 0.706. The van der Waals surface area contributed by atoms with Crippen molar-refractivity contribution in [2.24, 2.45) is 10.8 Å². The third kappa shape index (κ3) is 5.27. The molecule has 0 aromatic rings. The van der Waals surface area contributed by atoms with E-state index in [9.17, 15) is 5.11 Å². The molecule has 1 atom stereocenters. The van der Waals surface area contributed by atoms with Gasteiger partial charge in [-0.3, -0.25) is 0 Å². The van der Waals surface area contributed by atoms with Crippen molar-refractivity contribution in [2.45, 2.75) is 47.1 Å². The van der Waals surface area contributed by atoms with Gasteiger partial charge in [0.05, 0.1) is 6.10 Å². The maximum atomic E-state index is 9.88. The largest absolute Gasteiger partial charge is 0.391 e. The van der Waals surface area contributed by atoms with Crippen molar-refractivity contribution in [2.75, 3.05) is 13.6 Å². The first kappa shape index (κ1) is 12.9. The number of aliphatic hydroxyl groups is 1. The lowest BCUT2D eigenvalue weighted by molar-refractivity contribution is 0.0229. The highest BCUT2D eigenvalue weighted by molar-refractivity contribution is 4.83. The molecular formula is C11H25NO. The number of nitrogens with one attached hydrogen (secondary N) is 1. The average Bonchev–Trinajstić information content (AvgIpc) is 1.82. The summed E-state index contributed by atoms with van der Waals surface area (Å²) in [5, 5.41) is 12.9. The minimum absolute atomic E-state index is 0.0126. The molecule has 0 aliphatic rings. The topological polar surface area (TPSA) is 32.3 Å². The molecule has 0 saturated carbocycles. The van der Waals surface area contributed by atoms with E-state index in [0.29, 0.717) is 6.54 Å². The molecule has 0 spiro atoms. The van der Waals surface area contributed by atoms with Crippen LogP contribution in [0.4, 0.5) is 0 Å². The van der Waals surface area contributed by atoms with E-state index in [1.165, 1.54) is 0 Å². The number of hydrogen-bond donors (Lipinski definition) is 2. The van der Waals surface area contributed by atoms with Gasteiger partial charge in [0.2, 0.25) is 0 Å². The minimum Gasteiger partial charge on any atom is -0.391 e. The lowest BCUT2D eigenvalue weighted by Crippen LogP contribution is -2.39. The Morgan fingerprint density at radius 2 is 1.62 bits per heavy atom. The third-order valence-electron chi connectivity index (χ3n) is 2.29. The van der Waals surface area contributed by atoms with Crippen LogP contribution in [-0.4, -0.2) is 24.8 Å².